The highest BCUT2D eigenvalue weighted by Gasteiger charge is 2.27. The molecule has 0 bridgehead atoms. The summed E-state index contributed by atoms with van der Waals surface area (Å²) >= 11 is 3.41. The van der Waals surface area contributed by atoms with E-state index in [4.69, 9.17) is 9.47 Å². The lowest BCUT2D eigenvalue weighted by Crippen LogP contribution is -2.41. The number of amides is 1. The van der Waals surface area contributed by atoms with Crippen LogP contribution in [0.4, 0.5) is 5.69 Å². The predicted molar refractivity (Wildman–Crippen MR) is 73.8 cm³/mol. The van der Waals surface area contributed by atoms with Gasteiger partial charge in [-0.15, -0.1) is 0 Å². The highest BCUT2D eigenvalue weighted by Crippen LogP contribution is 2.33. The monoisotopic (exact) mass is 313 g/mol. The van der Waals surface area contributed by atoms with Crippen LogP contribution >= 0.6 is 15.9 Å². The maximum absolute atomic E-state index is 12.1. The van der Waals surface area contributed by atoms with E-state index >= 15 is 0 Å². The molecule has 0 spiro atoms. The number of nitrogens with zero attached hydrogens (tertiary/aromatic N) is 1. The fourth-order valence-corrected chi connectivity index (χ4v) is 2.65. The van der Waals surface area contributed by atoms with Gasteiger partial charge in [-0.05, 0) is 25.0 Å². The minimum atomic E-state index is -0.0839. The number of benzene rings is 1. The average Bonchev–Trinajstić information content (AvgIpc) is 2.41. The van der Waals surface area contributed by atoms with Crippen molar-refractivity contribution >= 4 is 27.5 Å². The molecule has 18 heavy (non-hydrogen) atoms. The minimum Gasteiger partial charge on any atom is -0.493 e. The molecule has 98 valence electrons. The molecular formula is C13H16BrNO3. The van der Waals surface area contributed by atoms with Crippen LogP contribution in [0.3, 0.4) is 0 Å². The molecule has 1 aliphatic heterocycles. The fourth-order valence-electron chi connectivity index (χ4n) is 2.08. The fraction of sp³-hybridized carbons (Fsp3) is 0.462. The van der Waals surface area contributed by atoms with E-state index in [-0.39, 0.29) is 10.7 Å². The van der Waals surface area contributed by atoms with Gasteiger partial charge in [-0.3, -0.25) is 4.79 Å². The molecule has 0 saturated carbocycles. The Kier molecular flexibility index (Phi) is 4.11. The summed E-state index contributed by atoms with van der Waals surface area (Å²) in [6.45, 7) is 0.746. The van der Waals surface area contributed by atoms with Gasteiger partial charge in [0.25, 0.3) is 0 Å². The van der Waals surface area contributed by atoms with Gasteiger partial charge in [0.05, 0.1) is 19.0 Å². The summed E-state index contributed by atoms with van der Waals surface area (Å²) in [6, 6.07) is 5.53. The first-order chi connectivity index (χ1) is 8.67. The van der Waals surface area contributed by atoms with E-state index in [0.29, 0.717) is 11.5 Å². The van der Waals surface area contributed by atoms with Gasteiger partial charge in [-0.2, -0.15) is 0 Å². The van der Waals surface area contributed by atoms with Gasteiger partial charge in [0.15, 0.2) is 11.5 Å². The lowest BCUT2D eigenvalue weighted by Gasteiger charge is -2.30. The molecule has 2 rings (SSSR count). The van der Waals surface area contributed by atoms with Gasteiger partial charge < -0.3 is 14.4 Å². The number of ether oxygens (including phenoxy) is 2. The third-order valence-corrected chi connectivity index (χ3v) is 3.90. The second kappa shape index (κ2) is 5.61. The molecule has 1 amide bonds. The van der Waals surface area contributed by atoms with Crippen LogP contribution in [-0.4, -0.2) is 31.5 Å². The Labute approximate surface area is 115 Å². The molecule has 0 aromatic heterocycles. The lowest BCUT2D eigenvalue weighted by molar-refractivity contribution is -0.118. The van der Waals surface area contributed by atoms with E-state index in [0.717, 1.165) is 25.1 Å². The zero-order chi connectivity index (χ0) is 13.1. The van der Waals surface area contributed by atoms with Crippen molar-refractivity contribution in [3.05, 3.63) is 18.2 Å². The number of piperidine rings is 1. The zero-order valence-electron chi connectivity index (χ0n) is 10.5. The number of halogens is 1. The number of alkyl halides is 1. The summed E-state index contributed by atoms with van der Waals surface area (Å²) in [5, 5.41) is 0. The number of rotatable bonds is 3. The van der Waals surface area contributed by atoms with E-state index in [1.807, 2.05) is 18.2 Å². The van der Waals surface area contributed by atoms with E-state index in [1.165, 1.54) is 0 Å². The topological polar surface area (TPSA) is 38.8 Å². The van der Waals surface area contributed by atoms with Crippen molar-refractivity contribution in [2.24, 2.45) is 0 Å². The highest BCUT2D eigenvalue weighted by molar-refractivity contribution is 9.10. The van der Waals surface area contributed by atoms with Crippen molar-refractivity contribution in [3.8, 4) is 11.5 Å². The molecule has 0 radical (unpaired) electrons. The minimum absolute atomic E-state index is 0.0839. The standard InChI is InChI=1S/C13H16BrNO3/c1-17-11-6-5-9(8-12(11)18-2)15-7-3-4-10(14)13(15)16/h5-6,8,10H,3-4,7H2,1-2H3. The van der Waals surface area contributed by atoms with E-state index < -0.39 is 0 Å². The Bertz CT molecular complexity index is 450. The van der Waals surface area contributed by atoms with Gasteiger partial charge >= 0.3 is 0 Å². The van der Waals surface area contributed by atoms with Crippen LogP contribution in [0.1, 0.15) is 12.8 Å². The number of hydrogen-bond donors (Lipinski definition) is 0. The summed E-state index contributed by atoms with van der Waals surface area (Å²) in [4.78, 5) is 13.8. The van der Waals surface area contributed by atoms with E-state index in [1.54, 1.807) is 19.1 Å². The van der Waals surface area contributed by atoms with Gasteiger partial charge in [0.1, 0.15) is 0 Å². The Morgan fingerprint density at radius 3 is 2.67 bits per heavy atom. The SMILES string of the molecule is COc1ccc(N2CCCC(Br)C2=O)cc1OC. The third-order valence-electron chi connectivity index (χ3n) is 3.05. The summed E-state index contributed by atoms with van der Waals surface area (Å²) in [6.07, 6.45) is 1.89. The Morgan fingerprint density at radius 2 is 2.00 bits per heavy atom. The average molecular weight is 314 g/mol. The molecule has 0 aliphatic carbocycles. The van der Waals surface area contributed by atoms with Crippen LogP contribution in [0.2, 0.25) is 0 Å². The first kappa shape index (κ1) is 13.2. The third kappa shape index (κ3) is 2.46. The van der Waals surface area contributed by atoms with Gasteiger partial charge in [-0.1, -0.05) is 15.9 Å². The van der Waals surface area contributed by atoms with Crippen LogP contribution in [0, 0.1) is 0 Å². The van der Waals surface area contributed by atoms with Crippen molar-refractivity contribution in [2.45, 2.75) is 17.7 Å². The number of carbonyl (C=O) groups is 1. The molecule has 1 fully saturated rings. The Hall–Kier alpha value is -1.23. The van der Waals surface area contributed by atoms with Crippen LogP contribution < -0.4 is 14.4 Å². The summed E-state index contributed by atoms with van der Waals surface area (Å²) in [5.74, 6) is 1.41. The lowest BCUT2D eigenvalue weighted by atomic mass is 10.1. The summed E-state index contributed by atoms with van der Waals surface area (Å²) < 4.78 is 10.4. The molecule has 1 saturated heterocycles. The first-order valence-corrected chi connectivity index (χ1v) is 6.76. The molecule has 1 aliphatic rings. The Morgan fingerprint density at radius 1 is 1.28 bits per heavy atom. The van der Waals surface area contributed by atoms with Crippen molar-refractivity contribution in [1.82, 2.24) is 0 Å². The predicted octanol–water partition coefficient (Wildman–Crippen LogP) is 2.59. The van der Waals surface area contributed by atoms with Crippen LogP contribution in [-0.2, 0) is 4.79 Å². The number of hydrogen-bond acceptors (Lipinski definition) is 3. The number of carbonyl (C=O) groups excluding carboxylic acids is 1. The summed E-state index contributed by atoms with van der Waals surface area (Å²) in [5.41, 5.74) is 0.849. The molecule has 0 N–H and O–H groups in total. The summed E-state index contributed by atoms with van der Waals surface area (Å²) in [7, 11) is 3.19. The maximum Gasteiger partial charge on any atom is 0.240 e. The second-order valence-corrected chi connectivity index (χ2v) is 5.24. The molecule has 4 nitrogen and oxygen atoms in total. The van der Waals surface area contributed by atoms with Crippen LogP contribution in [0.25, 0.3) is 0 Å². The van der Waals surface area contributed by atoms with Crippen molar-refractivity contribution < 1.29 is 14.3 Å². The van der Waals surface area contributed by atoms with E-state index in [9.17, 15) is 4.79 Å². The first-order valence-electron chi connectivity index (χ1n) is 5.85. The molecule has 1 atom stereocenters. The zero-order valence-corrected chi connectivity index (χ0v) is 12.1. The number of methoxy groups -OCH3 is 2. The van der Waals surface area contributed by atoms with Crippen LogP contribution in [0.15, 0.2) is 18.2 Å². The van der Waals surface area contributed by atoms with Gasteiger partial charge in [-0.25, -0.2) is 0 Å². The van der Waals surface area contributed by atoms with Crippen molar-refractivity contribution in [1.29, 1.82) is 0 Å². The quantitative estimate of drug-likeness (QED) is 0.805. The van der Waals surface area contributed by atoms with Crippen molar-refractivity contribution in [3.63, 3.8) is 0 Å². The normalized spacial score (nSPS) is 19.8. The molecule has 1 aromatic carbocycles. The maximum atomic E-state index is 12.1. The van der Waals surface area contributed by atoms with E-state index in [2.05, 4.69) is 15.9 Å². The largest absolute Gasteiger partial charge is 0.493 e. The van der Waals surface area contributed by atoms with Gasteiger partial charge in [0.2, 0.25) is 5.91 Å². The smallest absolute Gasteiger partial charge is 0.240 e. The van der Waals surface area contributed by atoms with Crippen LogP contribution in [0.5, 0.6) is 11.5 Å². The Balaban J connectivity index is 2.30. The van der Waals surface area contributed by atoms with Crippen molar-refractivity contribution in [2.75, 3.05) is 25.7 Å². The molecule has 1 aromatic rings. The number of anilines is 1. The second-order valence-electron chi connectivity index (χ2n) is 4.14. The van der Waals surface area contributed by atoms with Gasteiger partial charge in [0, 0.05) is 18.3 Å². The molecule has 5 heteroatoms. The molecule has 1 heterocycles. The molecular weight excluding hydrogens is 298 g/mol. The highest BCUT2D eigenvalue weighted by atomic mass is 79.9. The molecule has 1 unspecified atom stereocenters.